The number of carbonyl (C=O) groups is 1. The minimum atomic E-state index is -0.410. The van der Waals surface area contributed by atoms with Crippen molar-refractivity contribution in [3.05, 3.63) is 82.5 Å². The van der Waals surface area contributed by atoms with Crippen molar-refractivity contribution in [1.29, 1.82) is 0 Å². The molecule has 0 unspecified atom stereocenters. The van der Waals surface area contributed by atoms with E-state index in [0.29, 0.717) is 29.7 Å². The Kier molecular flexibility index (Phi) is 7.88. The number of hydrogen-bond acceptors (Lipinski definition) is 6. The normalized spacial score (nSPS) is 16.2. The van der Waals surface area contributed by atoms with Crippen LogP contribution in [0.4, 0.5) is 4.39 Å². The molecule has 2 fully saturated rings. The molecule has 0 atom stereocenters. The number of benzene rings is 2. The van der Waals surface area contributed by atoms with Gasteiger partial charge in [0, 0.05) is 54.1 Å². The topological polar surface area (TPSA) is 64.8 Å². The van der Waals surface area contributed by atoms with Crippen LogP contribution in [0.3, 0.4) is 0 Å². The zero-order chi connectivity index (χ0) is 27.5. The second kappa shape index (κ2) is 11.3. The number of ketones is 1. The molecule has 2 aromatic carbocycles. The summed E-state index contributed by atoms with van der Waals surface area (Å²) in [4.78, 5) is 14.9. The Hall–Kier alpha value is -3.47. The number of ether oxygens (including phenoxy) is 2. The van der Waals surface area contributed by atoms with Crippen molar-refractivity contribution >= 4 is 5.78 Å². The Morgan fingerprint density at radius 2 is 1.77 bits per heavy atom. The van der Waals surface area contributed by atoms with Crippen LogP contribution in [0.5, 0.6) is 5.75 Å². The van der Waals surface area contributed by atoms with Gasteiger partial charge >= 0.3 is 0 Å². The molecule has 0 aliphatic carbocycles. The van der Waals surface area contributed by atoms with Crippen molar-refractivity contribution in [2.75, 3.05) is 39.5 Å². The van der Waals surface area contributed by atoms with E-state index < -0.39 is 5.82 Å². The van der Waals surface area contributed by atoms with Gasteiger partial charge in [-0.3, -0.25) is 4.79 Å². The van der Waals surface area contributed by atoms with E-state index in [1.807, 2.05) is 51.1 Å². The van der Waals surface area contributed by atoms with Gasteiger partial charge in [-0.2, -0.15) is 0 Å². The zero-order valence-electron chi connectivity index (χ0n) is 22.9. The van der Waals surface area contributed by atoms with Crippen LogP contribution in [0, 0.1) is 23.1 Å². The number of rotatable bonds is 9. The lowest BCUT2D eigenvalue weighted by atomic mass is 9.78. The van der Waals surface area contributed by atoms with Gasteiger partial charge in [0.05, 0.1) is 31.9 Å². The minimum absolute atomic E-state index is 0.0677. The number of likely N-dealkylation sites (tertiary alicyclic amines) is 1. The fourth-order valence-electron chi connectivity index (χ4n) is 4.89. The van der Waals surface area contributed by atoms with Crippen molar-refractivity contribution in [3.8, 4) is 17.6 Å². The van der Waals surface area contributed by atoms with Gasteiger partial charge in [0.2, 0.25) is 0 Å². The van der Waals surface area contributed by atoms with Crippen LogP contribution in [0.15, 0.2) is 53.1 Å². The Morgan fingerprint density at radius 3 is 2.41 bits per heavy atom. The van der Waals surface area contributed by atoms with E-state index >= 15 is 0 Å². The highest BCUT2D eigenvalue weighted by atomic mass is 19.1. The predicted molar refractivity (Wildman–Crippen MR) is 146 cm³/mol. The number of nitrogens with zero attached hydrogens (tertiary/aromatic N) is 2. The summed E-state index contributed by atoms with van der Waals surface area (Å²) >= 11 is 0. The maximum atomic E-state index is 14.5. The molecular weight excluding hydrogens is 495 g/mol. The first-order valence-electron chi connectivity index (χ1n) is 13.5. The Morgan fingerprint density at radius 1 is 1.05 bits per heavy atom. The van der Waals surface area contributed by atoms with Gasteiger partial charge in [-0.15, -0.1) is 0 Å². The smallest absolute Gasteiger partial charge is 0.166 e. The molecule has 0 N–H and O–H groups in total. The summed E-state index contributed by atoms with van der Waals surface area (Å²) in [5.41, 5.74) is 3.20. The fraction of sp³-hybridized carbons (Fsp3) is 0.438. The molecule has 39 heavy (non-hydrogen) atoms. The molecule has 0 radical (unpaired) electrons. The van der Waals surface area contributed by atoms with Crippen molar-refractivity contribution in [2.45, 2.75) is 45.4 Å². The third kappa shape index (κ3) is 6.95. The number of hydrogen-bond donors (Lipinski definition) is 0. The molecule has 0 saturated carbocycles. The van der Waals surface area contributed by atoms with Crippen molar-refractivity contribution in [1.82, 2.24) is 10.1 Å². The maximum Gasteiger partial charge on any atom is 0.166 e. The highest BCUT2D eigenvalue weighted by molar-refractivity contribution is 5.82. The van der Waals surface area contributed by atoms with E-state index in [1.54, 1.807) is 12.1 Å². The highest BCUT2D eigenvalue weighted by Gasteiger charge is 2.48. The molecule has 2 aliphatic heterocycles. The van der Waals surface area contributed by atoms with E-state index in [2.05, 4.69) is 21.9 Å². The first kappa shape index (κ1) is 27.1. The second-order valence-corrected chi connectivity index (χ2v) is 11.8. The van der Waals surface area contributed by atoms with Crippen LogP contribution in [0.2, 0.25) is 0 Å². The molecule has 204 valence electrons. The molecule has 5 rings (SSSR count). The lowest BCUT2D eigenvalue weighted by molar-refractivity contribution is -0.189. The third-order valence-electron chi connectivity index (χ3n) is 7.13. The largest absolute Gasteiger partial charge is 0.490 e. The predicted octanol–water partition coefficient (Wildman–Crippen LogP) is 4.97. The summed E-state index contributed by atoms with van der Waals surface area (Å²) in [5, 5.41) is 4.03. The standard InChI is InChI=1S/C32H35FN2O4/c1-31(2,3)30-18-26(34-39-30)17-27(36)15-24-8-5-23(6-9-24)7-10-25-11-12-29(28(33)16-25)38-14-4-13-35-19-32(20-35)21-37-22-32/h5-6,8-9,11-12,16,18H,4,13-15,17,19-22H2,1-3H3. The van der Waals surface area contributed by atoms with Gasteiger partial charge in [-0.05, 0) is 42.3 Å². The lowest BCUT2D eigenvalue weighted by Gasteiger charge is -2.55. The first-order valence-corrected chi connectivity index (χ1v) is 13.5. The van der Waals surface area contributed by atoms with E-state index in [4.69, 9.17) is 14.0 Å². The van der Waals surface area contributed by atoms with Crippen LogP contribution in [-0.2, 0) is 27.8 Å². The van der Waals surface area contributed by atoms with Gasteiger partial charge in [-0.1, -0.05) is 49.9 Å². The molecular formula is C32H35FN2O4. The van der Waals surface area contributed by atoms with Gasteiger partial charge in [0.25, 0.3) is 0 Å². The summed E-state index contributed by atoms with van der Waals surface area (Å²) in [7, 11) is 0. The first-order chi connectivity index (χ1) is 18.7. The zero-order valence-corrected chi connectivity index (χ0v) is 22.9. The van der Waals surface area contributed by atoms with Crippen molar-refractivity contribution < 1.29 is 23.2 Å². The molecule has 2 saturated heterocycles. The van der Waals surface area contributed by atoms with Crippen molar-refractivity contribution in [2.24, 2.45) is 5.41 Å². The lowest BCUT2D eigenvalue weighted by Crippen LogP contribution is -2.65. The average molecular weight is 531 g/mol. The van der Waals surface area contributed by atoms with Crippen LogP contribution in [0.1, 0.15) is 55.3 Å². The van der Waals surface area contributed by atoms with Gasteiger partial charge in [-0.25, -0.2) is 4.39 Å². The summed E-state index contributed by atoms with van der Waals surface area (Å²) in [6, 6.07) is 14.2. The Balaban J connectivity index is 1.06. The molecule has 2 aliphatic rings. The number of Topliss-reactive ketones (excluding diaryl/α,β-unsaturated/α-hetero) is 1. The monoisotopic (exact) mass is 530 g/mol. The van der Waals surface area contributed by atoms with E-state index in [9.17, 15) is 9.18 Å². The van der Waals surface area contributed by atoms with E-state index in [-0.39, 0.29) is 23.4 Å². The summed E-state index contributed by atoms with van der Waals surface area (Å²) < 4.78 is 30.8. The van der Waals surface area contributed by atoms with Crippen LogP contribution in [-0.4, -0.2) is 55.3 Å². The highest BCUT2D eigenvalue weighted by Crippen LogP contribution is 2.37. The number of carbonyl (C=O) groups excluding carboxylic acids is 1. The number of aromatic nitrogens is 1. The molecule has 3 heterocycles. The average Bonchev–Trinajstić information content (AvgIpc) is 3.31. The molecule has 1 aromatic heterocycles. The molecule has 1 spiro atoms. The third-order valence-corrected chi connectivity index (χ3v) is 7.13. The quantitative estimate of drug-likeness (QED) is 0.288. The maximum absolute atomic E-state index is 14.5. The van der Waals surface area contributed by atoms with Crippen LogP contribution < -0.4 is 4.74 Å². The molecule has 0 bridgehead atoms. The second-order valence-electron chi connectivity index (χ2n) is 11.8. The minimum Gasteiger partial charge on any atom is -0.490 e. The number of halogens is 1. The summed E-state index contributed by atoms with van der Waals surface area (Å²) in [5.74, 6) is 6.74. The van der Waals surface area contributed by atoms with Gasteiger partial charge in [0.1, 0.15) is 11.5 Å². The molecule has 0 amide bonds. The molecule has 7 heteroatoms. The van der Waals surface area contributed by atoms with E-state index in [0.717, 1.165) is 56.2 Å². The molecule has 6 nitrogen and oxygen atoms in total. The van der Waals surface area contributed by atoms with Crippen LogP contribution in [0.25, 0.3) is 0 Å². The Labute approximate surface area is 229 Å². The van der Waals surface area contributed by atoms with E-state index in [1.165, 1.54) is 6.07 Å². The van der Waals surface area contributed by atoms with Gasteiger partial charge < -0.3 is 18.9 Å². The van der Waals surface area contributed by atoms with Crippen LogP contribution >= 0.6 is 0 Å². The Bertz CT molecular complexity index is 1370. The summed E-state index contributed by atoms with van der Waals surface area (Å²) in [6.07, 6.45) is 1.41. The van der Waals surface area contributed by atoms with Crippen molar-refractivity contribution in [3.63, 3.8) is 0 Å². The van der Waals surface area contributed by atoms with Gasteiger partial charge in [0.15, 0.2) is 11.6 Å². The SMILES string of the molecule is CC(C)(C)c1cc(CC(=O)Cc2ccc(C#Cc3ccc(OCCCN4CC5(COC5)C4)c(F)c3)cc2)no1. The fourth-order valence-corrected chi connectivity index (χ4v) is 4.89. The molecule has 3 aromatic rings. The summed E-state index contributed by atoms with van der Waals surface area (Å²) in [6.45, 7) is 11.5.